The van der Waals surface area contributed by atoms with Crippen molar-refractivity contribution in [3.8, 4) is 0 Å². The summed E-state index contributed by atoms with van der Waals surface area (Å²) in [5.74, 6) is 0.233. The number of ether oxygens (including phenoxy) is 1. The first-order valence-corrected chi connectivity index (χ1v) is 8.98. The van der Waals surface area contributed by atoms with Crippen LogP contribution >= 0.6 is 0 Å². The first-order chi connectivity index (χ1) is 12.5. The second-order valence-electron chi connectivity index (χ2n) is 6.47. The van der Waals surface area contributed by atoms with E-state index in [4.69, 9.17) is 4.74 Å². The maximum Gasteiger partial charge on any atom is 0.416 e. The predicted octanol–water partition coefficient (Wildman–Crippen LogP) is 3.21. The summed E-state index contributed by atoms with van der Waals surface area (Å²) in [7, 11) is 4.68. The molecule has 0 spiro atoms. The Morgan fingerprint density at radius 1 is 1.12 bits per heavy atom. The van der Waals surface area contributed by atoms with Crippen LogP contribution in [0.1, 0.15) is 37.7 Å². The van der Waals surface area contributed by atoms with Crippen LogP contribution in [0.3, 0.4) is 0 Å². The molecule has 1 aromatic rings. The van der Waals surface area contributed by atoms with E-state index in [-0.39, 0.29) is 24.6 Å². The summed E-state index contributed by atoms with van der Waals surface area (Å²) in [5, 5.41) is 3.01. The highest BCUT2D eigenvalue weighted by Crippen LogP contribution is 2.17. The molecule has 142 valence electrons. The van der Waals surface area contributed by atoms with Gasteiger partial charge < -0.3 is 10.1 Å². The number of nitrogens with one attached hydrogen (secondary N) is 1. The van der Waals surface area contributed by atoms with Crippen LogP contribution in [0.5, 0.6) is 0 Å². The van der Waals surface area contributed by atoms with Gasteiger partial charge in [0.05, 0.1) is 0 Å². The number of nitrogens with zero attached hydrogens (tertiary/aromatic N) is 3. The average Bonchev–Trinajstić information content (AvgIpc) is 2.68. The van der Waals surface area contributed by atoms with Crippen molar-refractivity contribution >= 4 is 18.1 Å². The highest BCUT2D eigenvalue weighted by molar-refractivity contribution is 6.02. The quantitative estimate of drug-likeness (QED) is 0.664. The third-order valence-corrected chi connectivity index (χ3v) is 4.52. The molecule has 1 saturated carbocycles. The van der Waals surface area contributed by atoms with Gasteiger partial charge >= 0.3 is 12.1 Å². The van der Waals surface area contributed by atoms with Gasteiger partial charge in [-0.1, -0.05) is 49.6 Å². The van der Waals surface area contributed by atoms with Crippen LogP contribution in [0, 0.1) is 0 Å². The Bertz CT molecular complexity index is 627. The summed E-state index contributed by atoms with van der Waals surface area (Å²) < 4.78 is 5.30. The topological polar surface area (TPSA) is 74.2 Å². The lowest BCUT2D eigenvalue weighted by molar-refractivity contribution is 0.119. The van der Waals surface area contributed by atoms with Crippen LogP contribution in [0.15, 0.2) is 35.3 Å². The minimum absolute atomic E-state index is 0.166. The van der Waals surface area contributed by atoms with E-state index >= 15 is 0 Å². The van der Waals surface area contributed by atoms with Crippen molar-refractivity contribution in [1.29, 1.82) is 0 Å². The van der Waals surface area contributed by atoms with Crippen LogP contribution in [-0.2, 0) is 11.3 Å². The van der Waals surface area contributed by atoms with E-state index in [1.165, 1.54) is 16.2 Å². The number of hydrogen-bond acceptors (Lipinski definition) is 4. The minimum Gasteiger partial charge on any atom is -0.444 e. The molecule has 3 amide bonds. The van der Waals surface area contributed by atoms with Gasteiger partial charge in [-0.05, 0) is 18.4 Å². The fourth-order valence-electron chi connectivity index (χ4n) is 3.03. The molecule has 1 aromatic carbocycles. The van der Waals surface area contributed by atoms with Gasteiger partial charge in [0.25, 0.3) is 0 Å². The number of guanidine groups is 1. The maximum absolute atomic E-state index is 12.5. The molecule has 0 heterocycles. The Morgan fingerprint density at radius 2 is 1.77 bits per heavy atom. The molecule has 7 heteroatoms. The lowest BCUT2D eigenvalue weighted by Gasteiger charge is -2.29. The Morgan fingerprint density at radius 3 is 2.38 bits per heavy atom. The molecule has 0 unspecified atom stereocenters. The third-order valence-electron chi connectivity index (χ3n) is 4.52. The van der Waals surface area contributed by atoms with E-state index in [2.05, 4.69) is 10.3 Å². The van der Waals surface area contributed by atoms with E-state index in [0.29, 0.717) is 0 Å². The van der Waals surface area contributed by atoms with E-state index < -0.39 is 6.09 Å². The molecule has 7 nitrogen and oxygen atoms in total. The molecular formula is C19H28N4O3. The van der Waals surface area contributed by atoms with Crippen molar-refractivity contribution in [2.24, 2.45) is 4.99 Å². The van der Waals surface area contributed by atoms with Crippen LogP contribution in [0.25, 0.3) is 0 Å². The number of urea groups is 1. The van der Waals surface area contributed by atoms with Crippen molar-refractivity contribution in [2.45, 2.75) is 44.8 Å². The highest BCUT2D eigenvalue weighted by atomic mass is 16.6. The van der Waals surface area contributed by atoms with Crippen molar-refractivity contribution in [1.82, 2.24) is 15.1 Å². The Hall–Kier alpha value is -2.57. The Labute approximate surface area is 155 Å². The molecule has 1 fully saturated rings. The fourth-order valence-corrected chi connectivity index (χ4v) is 3.03. The molecule has 0 radical (unpaired) electrons. The zero-order valence-electron chi connectivity index (χ0n) is 15.8. The number of hydrogen-bond donors (Lipinski definition) is 1. The lowest BCUT2D eigenvalue weighted by atomic mass is 9.96. The molecule has 1 aliphatic rings. The van der Waals surface area contributed by atoms with Gasteiger partial charge in [0, 0.05) is 27.2 Å². The van der Waals surface area contributed by atoms with Crippen LogP contribution in [0.2, 0.25) is 0 Å². The molecule has 0 aliphatic heterocycles. The third kappa shape index (κ3) is 5.47. The second-order valence-corrected chi connectivity index (χ2v) is 6.47. The predicted molar refractivity (Wildman–Crippen MR) is 101 cm³/mol. The number of benzene rings is 1. The average molecular weight is 360 g/mol. The van der Waals surface area contributed by atoms with Crippen molar-refractivity contribution in [3.05, 3.63) is 35.9 Å². The first-order valence-electron chi connectivity index (χ1n) is 8.98. The van der Waals surface area contributed by atoms with Gasteiger partial charge in [-0.2, -0.15) is 0 Å². The molecule has 0 atom stereocenters. The SMILES string of the molecule is CN=C(N(C)C(=O)NC1CCCCC1)N(C)C(=O)OCc1ccccc1. The highest BCUT2D eigenvalue weighted by Gasteiger charge is 2.25. The second kappa shape index (κ2) is 9.79. The summed E-state index contributed by atoms with van der Waals surface area (Å²) in [4.78, 5) is 31.4. The largest absolute Gasteiger partial charge is 0.444 e. The smallest absolute Gasteiger partial charge is 0.416 e. The molecule has 0 aromatic heterocycles. The van der Waals surface area contributed by atoms with Crippen LogP contribution < -0.4 is 5.32 Å². The molecule has 2 rings (SSSR count). The van der Waals surface area contributed by atoms with E-state index in [1.807, 2.05) is 30.3 Å². The number of carbonyl (C=O) groups excluding carboxylic acids is 2. The molecule has 1 N–H and O–H groups in total. The van der Waals surface area contributed by atoms with Gasteiger partial charge in [-0.15, -0.1) is 0 Å². The summed E-state index contributed by atoms with van der Waals surface area (Å²) >= 11 is 0. The van der Waals surface area contributed by atoms with Gasteiger partial charge in [0.1, 0.15) is 6.61 Å². The summed E-state index contributed by atoms with van der Waals surface area (Å²) in [5.41, 5.74) is 0.896. The number of amides is 3. The fraction of sp³-hybridized carbons (Fsp3) is 0.526. The van der Waals surface area contributed by atoms with Gasteiger partial charge in [0.2, 0.25) is 5.96 Å². The zero-order chi connectivity index (χ0) is 18.9. The molecular weight excluding hydrogens is 332 g/mol. The normalized spacial score (nSPS) is 15.3. The Balaban J connectivity index is 1.90. The summed E-state index contributed by atoms with van der Waals surface area (Å²) in [6.45, 7) is 0.166. The first kappa shape index (κ1) is 19.8. The monoisotopic (exact) mass is 360 g/mol. The van der Waals surface area contributed by atoms with Crippen molar-refractivity contribution in [3.63, 3.8) is 0 Å². The van der Waals surface area contributed by atoms with Gasteiger partial charge in [-0.3, -0.25) is 14.8 Å². The summed E-state index contributed by atoms with van der Waals surface area (Å²) in [6, 6.07) is 9.36. The van der Waals surface area contributed by atoms with Gasteiger partial charge in [-0.25, -0.2) is 9.59 Å². The van der Waals surface area contributed by atoms with Crippen molar-refractivity contribution in [2.75, 3.05) is 21.1 Å². The van der Waals surface area contributed by atoms with Crippen LogP contribution in [0.4, 0.5) is 9.59 Å². The van der Waals surface area contributed by atoms with Gasteiger partial charge in [0.15, 0.2) is 0 Å². The standard InChI is InChI=1S/C19H28N4O3/c1-20-17(22(2)18(24)21-16-12-8-5-9-13-16)23(3)19(25)26-14-15-10-6-4-7-11-15/h4,6-7,10-11,16H,5,8-9,12-14H2,1-3H3,(H,21,24). The zero-order valence-corrected chi connectivity index (χ0v) is 15.8. The number of aliphatic imine (C=N–C) groups is 1. The number of rotatable bonds is 3. The lowest BCUT2D eigenvalue weighted by Crippen LogP contribution is -2.51. The van der Waals surface area contributed by atoms with E-state index in [1.54, 1.807) is 21.1 Å². The van der Waals surface area contributed by atoms with Crippen LogP contribution in [-0.4, -0.2) is 55.1 Å². The molecule has 1 aliphatic carbocycles. The van der Waals surface area contributed by atoms with E-state index in [9.17, 15) is 9.59 Å². The molecule has 0 saturated heterocycles. The van der Waals surface area contributed by atoms with E-state index in [0.717, 1.165) is 31.2 Å². The maximum atomic E-state index is 12.5. The molecule has 26 heavy (non-hydrogen) atoms. The minimum atomic E-state index is -0.563. The summed E-state index contributed by atoms with van der Waals surface area (Å²) in [6.07, 6.45) is 4.91. The number of carbonyl (C=O) groups is 2. The molecule has 0 bridgehead atoms. The Kier molecular flexibility index (Phi) is 7.44. The van der Waals surface area contributed by atoms with Crippen molar-refractivity contribution < 1.29 is 14.3 Å².